The molecule has 0 unspecified atom stereocenters. The van der Waals surface area contributed by atoms with Gasteiger partial charge in [0.15, 0.2) is 0 Å². The fourth-order valence-electron chi connectivity index (χ4n) is 1.87. The lowest BCUT2D eigenvalue weighted by atomic mass is 10.1. The van der Waals surface area contributed by atoms with Crippen molar-refractivity contribution in [2.24, 2.45) is 5.73 Å². The Balaban J connectivity index is 2.98. The molecule has 15 heavy (non-hydrogen) atoms. The van der Waals surface area contributed by atoms with Crippen LogP contribution in [-0.4, -0.2) is 23.5 Å². The molecule has 0 aromatic carbocycles. The van der Waals surface area contributed by atoms with Gasteiger partial charge in [0, 0.05) is 24.9 Å². The standard InChI is InChI=1S/C11H21N3O/c1-4-10-9(8-12)11(5-2)14(13-10)6-7-15-3/h4-8,12H2,1-3H3. The molecule has 0 bridgehead atoms. The third-order valence-corrected chi connectivity index (χ3v) is 2.63. The van der Waals surface area contributed by atoms with Crippen molar-refractivity contribution in [1.82, 2.24) is 9.78 Å². The fraction of sp³-hybridized carbons (Fsp3) is 0.727. The molecule has 0 atom stereocenters. The molecule has 86 valence electrons. The van der Waals surface area contributed by atoms with E-state index in [1.54, 1.807) is 7.11 Å². The molecule has 2 N–H and O–H groups in total. The van der Waals surface area contributed by atoms with Gasteiger partial charge >= 0.3 is 0 Å². The van der Waals surface area contributed by atoms with Crippen LogP contribution in [0.4, 0.5) is 0 Å². The quantitative estimate of drug-likeness (QED) is 0.767. The summed E-state index contributed by atoms with van der Waals surface area (Å²) >= 11 is 0. The summed E-state index contributed by atoms with van der Waals surface area (Å²) in [5.41, 5.74) is 9.36. The molecular formula is C11H21N3O. The average molecular weight is 211 g/mol. The Bertz CT molecular complexity index is 307. The van der Waals surface area contributed by atoms with Crippen LogP contribution in [0, 0.1) is 0 Å². The largest absolute Gasteiger partial charge is 0.383 e. The molecule has 0 fully saturated rings. The Kier molecular flexibility index (Phi) is 4.78. The van der Waals surface area contributed by atoms with Crippen molar-refractivity contribution in [2.45, 2.75) is 39.8 Å². The maximum absolute atomic E-state index is 5.76. The monoisotopic (exact) mass is 211 g/mol. The van der Waals surface area contributed by atoms with Gasteiger partial charge in [0.25, 0.3) is 0 Å². The highest BCUT2D eigenvalue weighted by Gasteiger charge is 2.13. The Morgan fingerprint density at radius 3 is 2.53 bits per heavy atom. The zero-order chi connectivity index (χ0) is 11.3. The fourth-order valence-corrected chi connectivity index (χ4v) is 1.87. The van der Waals surface area contributed by atoms with Gasteiger partial charge < -0.3 is 10.5 Å². The number of nitrogens with zero attached hydrogens (tertiary/aromatic N) is 2. The van der Waals surface area contributed by atoms with Crippen molar-refractivity contribution < 1.29 is 4.74 Å². The van der Waals surface area contributed by atoms with E-state index in [4.69, 9.17) is 10.5 Å². The van der Waals surface area contributed by atoms with Crippen LogP contribution in [0.1, 0.15) is 30.8 Å². The molecule has 0 aliphatic heterocycles. The molecule has 0 aliphatic carbocycles. The van der Waals surface area contributed by atoms with Gasteiger partial charge in [0.1, 0.15) is 0 Å². The molecule has 0 spiro atoms. The topological polar surface area (TPSA) is 53.1 Å². The van der Waals surface area contributed by atoms with Gasteiger partial charge in [-0.25, -0.2) is 0 Å². The van der Waals surface area contributed by atoms with E-state index >= 15 is 0 Å². The van der Waals surface area contributed by atoms with E-state index in [0.29, 0.717) is 13.2 Å². The first-order valence-corrected chi connectivity index (χ1v) is 5.54. The highest BCUT2D eigenvalue weighted by molar-refractivity contribution is 5.26. The SMILES string of the molecule is CCc1nn(CCOC)c(CC)c1CN. The normalized spacial score (nSPS) is 10.9. The molecule has 0 saturated carbocycles. The Hall–Kier alpha value is -0.870. The van der Waals surface area contributed by atoms with Gasteiger partial charge in [0.2, 0.25) is 0 Å². The molecule has 1 heterocycles. The first kappa shape index (κ1) is 12.2. The molecule has 0 radical (unpaired) electrons. The van der Waals surface area contributed by atoms with Crippen molar-refractivity contribution in [3.63, 3.8) is 0 Å². The van der Waals surface area contributed by atoms with Gasteiger partial charge in [-0.15, -0.1) is 0 Å². The zero-order valence-electron chi connectivity index (χ0n) is 9.92. The van der Waals surface area contributed by atoms with Gasteiger partial charge in [-0.2, -0.15) is 5.10 Å². The second-order valence-electron chi connectivity index (χ2n) is 3.50. The first-order chi connectivity index (χ1) is 7.28. The summed E-state index contributed by atoms with van der Waals surface area (Å²) in [5, 5.41) is 4.56. The van der Waals surface area contributed by atoms with Crippen LogP contribution in [0.2, 0.25) is 0 Å². The summed E-state index contributed by atoms with van der Waals surface area (Å²) in [6, 6.07) is 0. The average Bonchev–Trinajstić information content (AvgIpc) is 2.62. The van der Waals surface area contributed by atoms with Crippen molar-refractivity contribution >= 4 is 0 Å². The van der Waals surface area contributed by atoms with Gasteiger partial charge in [-0.1, -0.05) is 13.8 Å². The van der Waals surface area contributed by atoms with Crippen LogP contribution in [0.25, 0.3) is 0 Å². The summed E-state index contributed by atoms with van der Waals surface area (Å²) in [5.74, 6) is 0. The lowest BCUT2D eigenvalue weighted by Crippen LogP contribution is -2.10. The third kappa shape index (κ3) is 2.58. The van der Waals surface area contributed by atoms with E-state index in [2.05, 4.69) is 18.9 Å². The van der Waals surface area contributed by atoms with Crippen LogP contribution >= 0.6 is 0 Å². The summed E-state index contributed by atoms with van der Waals surface area (Å²) in [7, 11) is 1.71. The number of aryl methyl sites for hydroxylation is 1. The molecule has 0 saturated heterocycles. The molecule has 4 nitrogen and oxygen atoms in total. The van der Waals surface area contributed by atoms with Crippen LogP contribution < -0.4 is 5.73 Å². The maximum Gasteiger partial charge on any atom is 0.0669 e. The summed E-state index contributed by atoms with van der Waals surface area (Å²) in [6.45, 7) is 6.34. The zero-order valence-corrected chi connectivity index (χ0v) is 9.92. The Labute approximate surface area is 91.4 Å². The summed E-state index contributed by atoms with van der Waals surface area (Å²) in [4.78, 5) is 0. The molecular weight excluding hydrogens is 190 g/mol. The number of hydrogen-bond donors (Lipinski definition) is 1. The van der Waals surface area contributed by atoms with Crippen molar-refractivity contribution in [2.75, 3.05) is 13.7 Å². The van der Waals surface area contributed by atoms with Gasteiger partial charge in [0.05, 0.1) is 18.8 Å². The van der Waals surface area contributed by atoms with Crippen LogP contribution in [-0.2, 0) is 30.7 Å². The Morgan fingerprint density at radius 2 is 2.07 bits per heavy atom. The van der Waals surface area contributed by atoms with Crippen molar-refractivity contribution in [1.29, 1.82) is 0 Å². The second kappa shape index (κ2) is 5.88. The van der Waals surface area contributed by atoms with Crippen LogP contribution in [0.3, 0.4) is 0 Å². The van der Waals surface area contributed by atoms with E-state index in [-0.39, 0.29) is 0 Å². The molecule has 0 aliphatic rings. The van der Waals surface area contributed by atoms with Crippen LogP contribution in [0.15, 0.2) is 0 Å². The van der Waals surface area contributed by atoms with E-state index in [1.165, 1.54) is 11.3 Å². The minimum Gasteiger partial charge on any atom is -0.383 e. The number of rotatable bonds is 6. The lowest BCUT2D eigenvalue weighted by molar-refractivity contribution is 0.182. The number of ether oxygens (including phenoxy) is 1. The predicted octanol–water partition coefficient (Wildman–Crippen LogP) is 1.11. The third-order valence-electron chi connectivity index (χ3n) is 2.63. The predicted molar refractivity (Wildman–Crippen MR) is 60.8 cm³/mol. The highest BCUT2D eigenvalue weighted by atomic mass is 16.5. The number of aromatic nitrogens is 2. The number of nitrogens with two attached hydrogens (primary N) is 1. The van der Waals surface area contributed by atoms with E-state index < -0.39 is 0 Å². The lowest BCUT2D eigenvalue weighted by Gasteiger charge is -2.05. The second-order valence-corrected chi connectivity index (χ2v) is 3.50. The minimum atomic E-state index is 0.583. The summed E-state index contributed by atoms with van der Waals surface area (Å²) < 4.78 is 7.10. The van der Waals surface area contributed by atoms with Gasteiger partial charge in [-0.05, 0) is 12.8 Å². The van der Waals surface area contributed by atoms with E-state index in [0.717, 1.165) is 25.1 Å². The smallest absolute Gasteiger partial charge is 0.0669 e. The Morgan fingerprint density at radius 1 is 1.33 bits per heavy atom. The number of hydrogen-bond acceptors (Lipinski definition) is 3. The van der Waals surface area contributed by atoms with Crippen molar-refractivity contribution in [3.05, 3.63) is 17.0 Å². The van der Waals surface area contributed by atoms with E-state index in [9.17, 15) is 0 Å². The molecule has 4 heteroatoms. The minimum absolute atomic E-state index is 0.583. The molecule has 1 aromatic heterocycles. The summed E-state index contributed by atoms with van der Waals surface area (Å²) in [6.07, 6.45) is 1.92. The van der Waals surface area contributed by atoms with E-state index in [1.807, 2.05) is 4.68 Å². The molecule has 1 rings (SSSR count). The van der Waals surface area contributed by atoms with Crippen LogP contribution in [0.5, 0.6) is 0 Å². The maximum atomic E-state index is 5.76. The highest BCUT2D eigenvalue weighted by Crippen LogP contribution is 2.15. The molecule has 0 amide bonds. The first-order valence-electron chi connectivity index (χ1n) is 5.54. The van der Waals surface area contributed by atoms with Gasteiger partial charge in [-0.3, -0.25) is 4.68 Å². The van der Waals surface area contributed by atoms with Crippen molar-refractivity contribution in [3.8, 4) is 0 Å². The number of methoxy groups -OCH3 is 1. The molecule has 1 aromatic rings.